The van der Waals surface area contributed by atoms with E-state index in [0.717, 1.165) is 20.9 Å². The first-order valence-electron chi connectivity index (χ1n) is 7.37. The fourth-order valence-electron chi connectivity index (χ4n) is 4.00. The summed E-state index contributed by atoms with van der Waals surface area (Å²) in [5.74, 6) is 1.54. The molecule has 0 spiro atoms. The zero-order chi connectivity index (χ0) is 14.6. The van der Waals surface area contributed by atoms with Gasteiger partial charge >= 0.3 is 0 Å². The van der Waals surface area contributed by atoms with Gasteiger partial charge in [-0.2, -0.15) is 0 Å². The second-order valence-corrected chi connectivity index (χ2v) is 7.89. The van der Waals surface area contributed by atoms with Crippen LogP contribution < -0.4 is 0 Å². The van der Waals surface area contributed by atoms with E-state index >= 15 is 0 Å². The quantitative estimate of drug-likeness (QED) is 0.723. The fraction of sp³-hybridized carbons (Fsp3) is 0.333. The minimum absolute atomic E-state index is 0.360. The molecule has 3 heteroatoms. The van der Waals surface area contributed by atoms with Crippen molar-refractivity contribution in [3.8, 4) is 0 Å². The summed E-state index contributed by atoms with van der Waals surface area (Å²) in [5, 5.41) is 10.9. The van der Waals surface area contributed by atoms with Gasteiger partial charge in [-0.05, 0) is 65.5 Å². The van der Waals surface area contributed by atoms with E-state index in [1.54, 1.807) is 0 Å². The molecule has 1 saturated carbocycles. The molecule has 0 aromatic heterocycles. The van der Waals surface area contributed by atoms with Crippen LogP contribution in [0.4, 0.5) is 0 Å². The second kappa shape index (κ2) is 5.22. The zero-order valence-corrected chi connectivity index (χ0v) is 14.6. The highest BCUT2D eigenvalue weighted by Crippen LogP contribution is 2.64. The highest BCUT2D eigenvalue weighted by Gasteiger charge is 2.56. The lowest BCUT2D eigenvalue weighted by Crippen LogP contribution is -2.03. The number of halogens is 2. The van der Waals surface area contributed by atoms with Crippen LogP contribution in [0.15, 0.2) is 51.4 Å². The van der Waals surface area contributed by atoms with Crippen molar-refractivity contribution in [1.82, 2.24) is 0 Å². The molecular formula is C18H16Br2O. The predicted molar refractivity (Wildman–Crippen MR) is 91.3 cm³/mol. The van der Waals surface area contributed by atoms with E-state index in [4.69, 9.17) is 0 Å². The Kier molecular flexibility index (Phi) is 3.48. The first-order chi connectivity index (χ1) is 10.2. The minimum atomic E-state index is -0.391. The third kappa shape index (κ3) is 2.30. The van der Waals surface area contributed by atoms with Crippen molar-refractivity contribution in [3.63, 3.8) is 0 Å². The van der Waals surface area contributed by atoms with Crippen LogP contribution in [0.5, 0.6) is 0 Å². The zero-order valence-electron chi connectivity index (χ0n) is 11.5. The Hall–Kier alpha value is -0.640. The summed E-state index contributed by atoms with van der Waals surface area (Å²) in [6.45, 7) is 0. The van der Waals surface area contributed by atoms with Gasteiger partial charge in [-0.3, -0.25) is 0 Å². The molecule has 2 aliphatic rings. The largest absolute Gasteiger partial charge is 0.388 e. The van der Waals surface area contributed by atoms with Crippen LogP contribution >= 0.6 is 31.9 Å². The maximum Gasteiger partial charge on any atom is 0.0838 e. The van der Waals surface area contributed by atoms with Gasteiger partial charge in [-0.15, -0.1) is 0 Å². The number of aliphatic hydroxyl groups is 1. The Bertz CT molecular complexity index is 697. The molecule has 0 radical (unpaired) electrons. The smallest absolute Gasteiger partial charge is 0.0838 e. The molecule has 0 bridgehead atoms. The number of benzene rings is 2. The Morgan fingerprint density at radius 1 is 1.10 bits per heavy atom. The highest BCUT2D eigenvalue weighted by molar-refractivity contribution is 9.11. The average Bonchev–Trinajstić information content (AvgIpc) is 3.24. The number of hydrogen-bond acceptors (Lipinski definition) is 1. The lowest BCUT2D eigenvalue weighted by molar-refractivity contribution is 0.144. The molecule has 0 aliphatic heterocycles. The molecule has 0 heterocycles. The highest BCUT2D eigenvalue weighted by atomic mass is 79.9. The Morgan fingerprint density at radius 2 is 1.90 bits per heavy atom. The summed E-state index contributed by atoms with van der Waals surface area (Å²) in [7, 11) is 0. The Balaban J connectivity index is 1.66. The molecule has 1 N–H and O–H groups in total. The average molecular weight is 408 g/mol. The second-order valence-electron chi connectivity index (χ2n) is 6.12. The van der Waals surface area contributed by atoms with Crippen LogP contribution in [0.25, 0.3) is 0 Å². The summed E-state index contributed by atoms with van der Waals surface area (Å²) in [6, 6.07) is 14.8. The summed E-state index contributed by atoms with van der Waals surface area (Å²) >= 11 is 7.08. The number of aliphatic hydroxyl groups excluding tert-OH is 1. The molecule has 108 valence electrons. The van der Waals surface area contributed by atoms with Crippen LogP contribution in [0, 0.1) is 11.8 Å². The van der Waals surface area contributed by atoms with Gasteiger partial charge in [0.25, 0.3) is 0 Å². The molecule has 4 atom stereocenters. The minimum Gasteiger partial charge on any atom is -0.388 e. The number of aryl methyl sites for hydroxylation is 1. The Labute approximate surface area is 141 Å². The van der Waals surface area contributed by atoms with E-state index in [1.165, 1.54) is 17.5 Å². The molecule has 4 unspecified atom stereocenters. The van der Waals surface area contributed by atoms with Gasteiger partial charge in [0.05, 0.1) is 6.10 Å². The van der Waals surface area contributed by atoms with Crippen LogP contribution in [-0.2, 0) is 6.42 Å². The van der Waals surface area contributed by atoms with Crippen molar-refractivity contribution in [2.75, 3.05) is 0 Å². The number of fused-ring (bicyclic) bond motifs is 3. The van der Waals surface area contributed by atoms with Crippen molar-refractivity contribution >= 4 is 31.9 Å². The molecule has 0 saturated heterocycles. The number of rotatable bonds is 2. The first-order valence-corrected chi connectivity index (χ1v) is 8.96. The van der Waals surface area contributed by atoms with E-state index in [9.17, 15) is 5.11 Å². The van der Waals surface area contributed by atoms with Crippen molar-refractivity contribution in [2.45, 2.75) is 24.9 Å². The molecule has 0 amide bonds. The standard InChI is InChI=1S/C18H16Br2O/c19-11-6-8-15(20)14(9-11)18(21)17-13-7-5-10-3-1-2-4-12(10)16(13)17/h1-4,6,8-9,13,16-18,21H,5,7H2. The molecule has 4 rings (SSSR count). The maximum absolute atomic E-state index is 10.9. The maximum atomic E-state index is 10.9. The molecule has 1 fully saturated rings. The third-order valence-corrected chi connectivity index (χ3v) is 6.25. The molecule has 2 aliphatic carbocycles. The lowest BCUT2D eigenvalue weighted by Gasteiger charge is -2.14. The van der Waals surface area contributed by atoms with Gasteiger partial charge in [0.15, 0.2) is 0 Å². The van der Waals surface area contributed by atoms with Crippen molar-refractivity contribution < 1.29 is 5.11 Å². The lowest BCUT2D eigenvalue weighted by atomic mass is 9.92. The van der Waals surface area contributed by atoms with Crippen molar-refractivity contribution in [2.24, 2.45) is 11.8 Å². The predicted octanol–water partition coefficient (Wildman–Crippen LogP) is 5.22. The van der Waals surface area contributed by atoms with Crippen LogP contribution in [0.1, 0.15) is 35.1 Å². The summed E-state index contributed by atoms with van der Waals surface area (Å²) in [5.41, 5.74) is 3.94. The van der Waals surface area contributed by atoms with Gasteiger partial charge in [0, 0.05) is 8.95 Å². The van der Waals surface area contributed by atoms with Gasteiger partial charge in [0.2, 0.25) is 0 Å². The fourth-order valence-corrected chi connectivity index (χ4v) is 4.86. The summed E-state index contributed by atoms with van der Waals surface area (Å²) < 4.78 is 2.01. The van der Waals surface area contributed by atoms with E-state index in [1.807, 2.05) is 18.2 Å². The Morgan fingerprint density at radius 3 is 2.76 bits per heavy atom. The van der Waals surface area contributed by atoms with Gasteiger partial charge in [-0.1, -0.05) is 56.1 Å². The van der Waals surface area contributed by atoms with E-state index < -0.39 is 6.10 Å². The summed E-state index contributed by atoms with van der Waals surface area (Å²) in [6.07, 6.45) is 1.97. The molecule has 2 aromatic carbocycles. The number of hydrogen-bond donors (Lipinski definition) is 1. The normalized spacial score (nSPS) is 27.7. The van der Waals surface area contributed by atoms with E-state index in [0.29, 0.717) is 17.8 Å². The summed E-state index contributed by atoms with van der Waals surface area (Å²) in [4.78, 5) is 0. The van der Waals surface area contributed by atoms with E-state index in [2.05, 4.69) is 56.1 Å². The van der Waals surface area contributed by atoms with Gasteiger partial charge < -0.3 is 5.11 Å². The third-order valence-electron chi connectivity index (χ3n) is 5.03. The molecule has 1 nitrogen and oxygen atoms in total. The van der Waals surface area contributed by atoms with Gasteiger partial charge in [-0.25, -0.2) is 0 Å². The van der Waals surface area contributed by atoms with E-state index in [-0.39, 0.29) is 0 Å². The molecule has 21 heavy (non-hydrogen) atoms. The molecular weight excluding hydrogens is 392 g/mol. The topological polar surface area (TPSA) is 20.2 Å². The first kappa shape index (κ1) is 14.0. The van der Waals surface area contributed by atoms with Crippen molar-refractivity contribution in [3.05, 3.63) is 68.1 Å². The SMILES string of the molecule is OC(c1cc(Br)ccc1Br)C1C2CCc3ccccc3C21. The molecule has 2 aromatic rings. The van der Waals surface area contributed by atoms with Crippen molar-refractivity contribution in [1.29, 1.82) is 0 Å². The van der Waals surface area contributed by atoms with Crippen LogP contribution in [0.3, 0.4) is 0 Å². The van der Waals surface area contributed by atoms with Crippen LogP contribution in [-0.4, -0.2) is 5.11 Å². The monoisotopic (exact) mass is 406 g/mol. The van der Waals surface area contributed by atoms with Crippen LogP contribution in [0.2, 0.25) is 0 Å². The van der Waals surface area contributed by atoms with Gasteiger partial charge in [0.1, 0.15) is 0 Å².